The summed E-state index contributed by atoms with van der Waals surface area (Å²) in [6.07, 6.45) is 2.53. The van der Waals surface area contributed by atoms with Gasteiger partial charge in [0, 0.05) is 6.54 Å². The Kier molecular flexibility index (Phi) is 4.31. The number of nitrogens with two attached hydrogens (primary N) is 1. The third-order valence-electron chi connectivity index (χ3n) is 3.54. The molecular weight excluding hydrogens is 242 g/mol. The lowest BCUT2D eigenvalue weighted by Gasteiger charge is -2.16. The molecular formula is C13H21N5O. The Morgan fingerprint density at radius 2 is 2.00 bits per heavy atom. The zero-order valence-corrected chi connectivity index (χ0v) is 11.6. The summed E-state index contributed by atoms with van der Waals surface area (Å²) in [6.45, 7) is 7.45. The van der Waals surface area contributed by atoms with E-state index in [0.29, 0.717) is 18.1 Å². The van der Waals surface area contributed by atoms with Crippen LogP contribution in [0.4, 0.5) is 0 Å². The van der Waals surface area contributed by atoms with E-state index in [1.165, 1.54) is 12.8 Å². The lowest BCUT2D eigenvalue weighted by atomic mass is 10.1. The summed E-state index contributed by atoms with van der Waals surface area (Å²) in [5, 5.41) is 15.7. The van der Waals surface area contributed by atoms with Gasteiger partial charge >= 0.3 is 0 Å². The number of likely N-dealkylation sites (tertiary alicyclic amines) is 1. The predicted octanol–water partition coefficient (Wildman–Crippen LogP) is 0.852. The van der Waals surface area contributed by atoms with Crippen molar-refractivity contribution in [1.82, 2.24) is 15.1 Å². The summed E-state index contributed by atoms with van der Waals surface area (Å²) in [5.41, 5.74) is 7.80. The van der Waals surface area contributed by atoms with Crippen LogP contribution in [0.25, 0.3) is 0 Å². The van der Waals surface area contributed by atoms with Crippen LogP contribution in [0, 0.1) is 19.3 Å². The molecule has 1 aromatic rings. The molecule has 104 valence electrons. The Balaban J connectivity index is 2.02. The third kappa shape index (κ3) is 3.20. The Labute approximate surface area is 113 Å². The molecule has 6 heteroatoms. The van der Waals surface area contributed by atoms with Crippen molar-refractivity contribution in [3.05, 3.63) is 16.8 Å². The van der Waals surface area contributed by atoms with Crippen LogP contribution in [-0.2, 0) is 0 Å². The van der Waals surface area contributed by atoms with Gasteiger partial charge in [0.15, 0.2) is 0 Å². The normalized spacial score (nSPS) is 15.7. The minimum Gasteiger partial charge on any atom is -0.475 e. The van der Waals surface area contributed by atoms with Crippen LogP contribution in [0.3, 0.4) is 0 Å². The Morgan fingerprint density at radius 1 is 1.32 bits per heavy atom. The molecule has 0 amide bonds. The fourth-order valence-electron chi connectivity index (χ4n) is 2.28. The summed E-state index contributed by atoms with van der Waals surface area (Å²) in [4.78, 5) is 2.36. The molecule has 0 radical (unpaired) electrons. The van der Waals surface area contributed by atoms with Gasteiger partial charge in [0.05, 0.1) is 11.3 Å². The molecule has 1 saturated heterocycles. The van der Waals surface area contributed by atoms with Crippen LogP contribution in [0.1, 0.15) is 29.7 Å². The van der Waals surface area contributed by atoms with Crippen LogP contribution in [-0.4, -0.2) is 47.2 Å². The average Bonchev–Trinajstić information content (AvgIpc) is 2.86. The highest BCUT2D eigenvalue weighted by Crippen LogP contribution is 2.19. The molecule has 1 aliphatic rings. The maximum absolute atomic E-state index is 7.64. The zero-order chi connectivity index (χ0) is 13.8. The van der Waals surface area contributed by atoms with E-state index >= 15 is 0 Å². The molecule has 2 rings (SSSR count). The second-order valence-corrected chi connectivity index (χ2v) is 4.90. The number of nitrogens with zero attached hydrogens (tertiary/aromatic N) is 3. The number of nitrogens with one attached hydrogen (secondary N) is 1. The van der Waals surface area contributed by atoms with Crippen LogP contribution >= 0.6 is 0 Å². The molecule has 0 unspecified atom stereocenters. The summed E-state index contributed by atoms with van der Waals surface area (Å²) in [7, 11) is 0. The molecule has 0 aliphatic carbocycles. The van der Waals surface area contributed by atoms with Crippen LogP contribution in [0.2, 0.25) is 0 Å². The van der Waals surface area contributed by atoms with Crippen LogP contribution in [0.15, 0.2) is 0 Å². The third-order valence-corrected chi connectivity index (χ3v) is 3.54. The van der Waals surface area contributed by atoms with Crippen molar-refractivity contribution >= 4 is 5.84 Å². The second kappa shape index (κ2) is 5.97. The topological polar surface area (TPSA) is 88.1 Å². The Bertz CT molecular complexity index is 468. The fourth-order valence-corrected chi connectivity index (χ4v) is 2.28. The Morgan fingerprint density at radius 3 is 2.63 bits per heavy atom. The first-order chi connectivity index (χ1) is 9.09. The van der Waals surface area contributed by atoms with Gasteiger partial charge in [0.1, 0.15) is 12.4 Å². The summed E-state index contributed by atoms with van der Waals surface area (Å²) >= 11 is 0. The zero-order valence-electron chi connectivity index (χ0n) is 11.6. The highest BCUT2D eigenvalue weighted by molar-refractivity contribution is 5.98. The van der Waals surface area contributed by atoms with Crippen molar-refractivity contribution < 1.29 is 4.74 Å². The first-order valence-corrected chi connectivity index (χ1v) is 6.63. The smallest absolute Gasteiger partial charge is 0.244 e. The summed E-state index contributed by atoms with van der Waals surface area (Å²) < 4.78 is 5.66. The molecule has 0 aromatic carbocycles. The van der Waals surface area contributed by atoms with E-state index in [0.717, 1.165) is 30.9 Å². The van der Waals surface area contributed by atoms with Gasteiger partial charge in [0.25, 0.3) is 0 Å². The van der Waals surface area contributed by atoms with E-state index < -0.39 is 0 Å². The van der Waals surface area contributed by atoms with Crippen LogP contribution in [0.5, 0.6) is 5.88 Å². The van der Waals surface area contributed by atoms with Gasteiger partial charge in [0.2, 0.25) is 5.88 Å². The Hall–Kier alpha value is -1.69. The molecule has 3 N–H and O–H groups in total. The SMILES string of the molecule is Cc1nnc(OCCN2CCCC2)c(C(=N)N)c1C. The standard InChI is InChI=1S/C13H21N5O/c1-9-10(2)16-17-13(11(9)12(14)15)19-8-7-18-5-3-4-6-18/h3-8H2,1-2H3,(H3,14,15). The molecule has 1 aliphatic heterocycles. The number of nitrogen functional groups attached to an aromatic ring is 1. The molecule has 1 fully saturated rings. The van der Waals surface area contributed by atoms with Gasteiger partial charge in [-0.1, -0.05) is 0 Å². The highest BCUT2D eigenvalue weighted by atomic mass is 16.5. The maximum atomic E-state index is 7.64. The second-order valence-electron chi connectivity index (χ2n) is 4.90. The predicted molar refractivity (Wildman–Crippen MR) is 73.7 cm³/mol. The molecule has 1 aromatic heterocycles. The lowest BCUT2D eigenvalue weighted by molar-refractivity contribution is 0.229. The fraction of sp³-hybridized carbons (Fsp3) is 0.615. The number of aryl methyl sites for hydroxylation is 1. The number of rotatable bonds is 5. The van der Waals surface area contributed by atoms with Crippen molar-refractivity contribution in [3.8, 4) is 5.88 Å². The van der Waals surface area contributed by atoms with Crippen LogP contribution < -0.4 is 10.5 Å². The summed E-state index contributed by atoms with van der Waals surface area (Å²) in [5.74, 6) is 0.349. The highest BCUT2D eigenvalue weighted by Gasteiger charge is 2.16. The quantitative estimate of drug-likeness (QED) is 0.607. The van der Waals surface area contributed by atoms with E-state index in [-0.39, 0.29) is 5.84 Å². The van der Waals surface area contributed by atoms with Gasteiger partial charge in [-0.3, -0.25) is 10.3 Å². The van der Waals surface area contributed by atoms with E-state index in [9.17, 15) is 0 Å². The first-order valence-electron chi connectivity index (χ1n) is 6.63. The van der Waals surface area contributed by atoms with Crippen molar-refractivity contribution in [3.63, 3.8) is 0 Å². The van der Waals surface area contributed by atoms with Gasteiger partial charge < -0.3 is 10.5 Å². The molecule has 6 nitrogen and oxygen atoms in total. The van der Waals surface area contributed by atoms with E-state index in [1.54, 1.807) is 0 Å². The summed E-state index contributed by atoms with van der Waals surface area (Å²) in [6, 6.07) is 0. The number of amidine groups is 1. The van der Waals surface area contributed by atoms with Crippen molar-refractivity contribution in [2.75, 3.05) is 26.2 Å². The molecule has 0 bridgehead atoms. The number of hydrogen-bond acceptors (Lipinski definition) is 5. The monoisotopic (exact) mass is 263 g/mol. The van der Waals surface area contributed by atoms with Crippen molar-refractivity contribution in [1.29, 1.82) is 5.41 Å². The average molecular weight is 263 g/mol. The minimum atomic E-state index is -0.0216. The number of ether oxygens (including phenoxy) is 1. The number of hydrogen-bond donors (Lipinski definition) is 2. The molecule has 19 heavy (non-hydrogen) atoms. The van der Waals surface area contributed by atoms with Gasteiger partial charge in [-0.05, 0) is 45.3 Å². The van der Waals surface area contributed by atoms with E-state index in [4.69, 9.17) is 15.9 Å². The molecule has 2 heterocycles. The van der Waals surface area contributed by atoms with Gasteiger partial charge in [-0.2, -0.15) is 5.10 Å². The van der Waals surface area contributed by atoms with E-state index in [1.807, 2.05) is 13.8 Å². The first kappa shape index (κ1) is 13.7. The molecule has 0 saturated carbocycles. The van der Waals surface area contributed by atoms with E-state index in [2.05, 4.69) is 15.1 Å². The maximum Gasteiger partial charge on any atom is 0.244 e. The molecule has 0 atom stereocenters. The van der Waals surface area contributed by atoms with Crippen molar-refractivity contribution in [2.24, 2.45) is 5.73 Å². The minimum absolute atomic E-state index is 0.0216. The van der Waals surface area contributed by atoms with Gasteiger partial charge in [-0.15, -0.1) is 5.10 Å². The molecule has 0 spiro atoms. The number of aromatic nitrogens is 2. The van der Waals surface area contributed by atoms with Crippen molar-refractivity contribution in [2.45, 2.75) is 26.7 Å². The lowest BCUT2D eigenvalue weighted by Crippen LogP contribution is -2.26. The largest absolute Gasteiger partial charge is 0.475 e. The van der Waals surface area contributed by atoms with Gasteiger partial charge in [-0.25, -0.2) is 0 Å².